The van der Waals surface area contributed by atoms with E-state index < -0.39 is 47.8 Å². The molecule has 0 amide bonds. The molecule has 1 unspecified atom stereocenters. The highest BCUT2D eigenvalue weighted by Crippen LogP contribution is 2.45. The van der Waals surface area contributed by atoms with E-state index in [1.807, 2.05) is 30.5 Å². The van der Waals surface area contributed by atoms with Gasteiger partial charge in [-0.05, 0) is 65.8 Å². The summed E-state index contributed by atoms with van der Waals surface area (Å²) in [6.07, 6.45) is 0.960. The van der Waals surface area contributed by atoms with Crippen LogP contribution in [0.25, 0.3) is 0 Å². The van der Waals surface area contributed by atoms with Crippen molar-refractivity contribution in [1.82, 2.24) is 0 Å². The van der Waals surface area contributed by atoms with Gasteiger partial charge in [-0.15, -0.1) is 11.8 Å². The van der Waals surface area contributed by atoms with Gasteiger partial charge >= 0.3 is 17.9 Å². The van der Waals surface area contributed by atoms with Gasteiger partial charge in [0.2, 0.25) is 0 Å². The number of carbonyl (C=O) groups excluding carboxylic acids is 3. The molecule has 1 aliphatic carbocycles. The predicted molar refractivity (Wildman–Crippen MR) is 146 cm³/mol. The Bertz CT molecular complexity index is 1270. The highest BCUT2D eigenvalue weighted by atomic mass is 32.2. The van der Waals surface area contributed by atoms with Crippen molar-refractivity contribution in [2.75, 3.05) is 19.5 Å². The summed E-state index contributed by atoms with van der Waals surface area (Å²) in [7, 11) is 0. The fraction of sp³-hybridized carbons (Fsp3) is 0.500. The third-order valence-electron chi connectivity index (χ3n) is 7.15. The fourth-order valence-electron chi connectivity index (χ4n) is 5.40. The topological polar surface area (TPSA) is 107 Å². The molecule has 2 aromatic rings. The van der Waals surface area contributed by atoms with E-state index in [1.165, 1.54) is 38.1 Å². The van der Waals surface area contributed by atoms with E-state index in [-0.39, 0.29) is 0 Å². The summed E-state index contributed by atoms with van der Waals surface area (Å²) < 4.78 is 34.8. The maximum absolute atomic E-state index is 12.2. The lowest BCUT2D eigenvalue weighted by atomic mass is 9.89. The van der Waals surface area contributed by atoms with E-state index in [1.54, 1.807) is 0 Å². The van der Waals surface area contributed by atoms with Crippen LogP contribution in [0.3, 0.4) is 0 Å². The van der Waals surface area contributed by atoms with Crippen molar-refractivity contribution in [3.63, 3.8) is 0 Å². The third-order valence-corrected chi connectivity index (χ3v) is 7.99. The van der Waals surface area contributed by atoms with Crippen LogP contribution in [0.15, 0.2) is 36.4 Å². The molecule has 2 fully saturated rings. The molecule has 2 aliphatic heterocycles. The molecule has 1 saturated carbocycles. The highest BCUT2D eigenvalue weighted by molar-refractivity contribution is 7.99. The van der Waals surface area contributed by atoms with E-state index in [2.05, 4.69) is 12.1 Å². The first-order valence-corrected chi connectivity index (χ1v) is 14.7. The zero-order chi connectivity index (χ0) is 28.4. The number of thioether (sulfide) groups is 1. The minimum atomic E-state index is -1.05. The van der Waals surface area contributed by atoms with Crippen molar-refractivity contribution in [2.45, 2.75) is 75.8 Å². The van der Waals surface area contributed by atoms with Gasteiger partial charge in [-0.3, -0.25) is 14.4 Å². The van der Waals surface area contributed by atoms with Gasteiger partial charge in [0.25, 0.3) is 0 Å². The molecule has 2 heterocycles. The molecule has 0 aromatic heterocycles. The van der Waals surface area contributed by atoms with Crippen LogP contribution in [-0.2, 0) is 39.8 Å². The van der Waals surface area contributed by atoms with E-state index in [0.29, 0.717) is 25.6 Å². The molecule has 3 aliphatic rings. The van der Waals surface area contributed by atoms with Gasteiger partial charge in [-0.25, -0.2) is 0 Å². The normalized spacial score (nSPS) is 25.6. The molecular formula is C30H34O9S. The Morgan fingerprint density at radius 3 is 2.12 bits per heavy atom. The largest absolute Gasteiger partial charge is 0.486 e. The van der Waals surface area contributed by atoms with Crippen LogP contribution in [-0.4, -0.2) is 61.1 Å². The molecule has 5 atom stereocenters. The number of fused-ring (bicyclic) bond motifs is 1. The molecule has 9 nitrogen and oxygen atoms in total. The van der Waals surface area contributed by atoms with E-state index in [0.717, 1.165) is 41.0 Å². The van der Waals surface area contributed by atoms with Gasteiger partial charge in [0.15, 0.2) is 29.8 Å². The monoisotopic (exact) mass is 570 g/mol. The van der Waals surface area contributed by atoms with Crippen molar-refractivity contribution >= 4 is 29.7 Å². The number of carbonyl (C=O) groups is 3. The van der Waals surface area contributed by atoms with Crippen LogP contribution in [0, 0.1) is 0 Å². The average Bonchev–Trinajstić information content (AvgIpc) is 3.75. The summed E-state index contributed by atoms with van der Waals surface area (Å²) in [5.41, 5.74) is 3.61. The minimum Gasteiger partial charge on any atom is -0.486 e. The van der Waals surface area contributed by atoms with E-state index in [9.17, 15) is 14.4 Å². The summed E-state index contributed by atoms with van der Waals surface area (Å²) in [5.74, 6) is 0.281. The smallest absolute Gasteiger partial charge is 0.303 e. The van der Waals surface area contributed by atoms with Crippen molar-refractivity contribution in [3.8, 4) is 11.5 Å². The quantitative estimate of drug-likeness (QED) is 0.333. The SMILES string of the molecule is CSC1O[C@@H](c2ccc(C3CC3)c(Cc3ccc4c(c3)OCCO4)c2)[C@H](OC(C)=O)[C@@H](OC(C)=O)[C@@H]1OC(C)=O. The molecule has 10 heteroatoms. The lowest BCUT2D eigenvalue weighted by Crippen LogP contribution is -2.57. The number of esters is 3. The second kappa shape index (κ2) is 12.1. The Balaban J connectivity index is 1.52. The maximum atomic E-state index is 12.2. The van der Waals surface area contributed by atoms with Crippen molar-refractivity contribution in [1.29, 1.82) is 0 Å². The number of rotatable bonds is 8. The van der Waals surface area contributed by atoms with Crippen LogP contribution in [0.1, 0.15) is 67.9 Å². The van der Waals surface area contributed by atoms with Crippen molar-refractivity contribution < 1.29 is 42.8 Å². The van der Waals surface area contributed by atoms with Crippen LogP contribution in [0.4, 0.5) is 0 Å². The Kier molecular flexibility index (Phi) is 8.56. The fourth-order valence-corrected chi connectivity index (χ4v) is 6.11. The van der Waals surface area contributed by atoms with E-state index >= 15 is 0 Å². The maximum Gasteiger partial charge on any atom is 0.303 e. The summed E-state index contributed by atoms with van der Waals surface area (Å²) in [5, 5.41) is 0. The number of ether oxygens (including phenoxy) is 6. The Morgan fingerprint density at radius 1 is 0.825 bits per heavy atom. The van der Waals surface area contributed by atoms with E-state index in [4.69, 9.17) is 28.4 Å². The number of hydrogen-bond donors (Lipinski definition) is 0. The van der Waals surface area contributed by atoms with Gasteiger partial charge < -0.3 is 28.4 Å². The first kappa shape index (κ1) is 28.3. The molecule has 0 bridgehead atoms. The first-order valence-electron chi connectivity index (χ1n) is 13.4. The lowest BCUT2D eigenvalue weighted by molar-refractivity contribution is -0.233. The predicted octanol–water partition coefficient (Wildman–Crippen LogP) is 4.48. The standard InChI is InChI=1S/C30H34O9S/c1-16(31)36-27-26(39-30(40-4)29(38-18(3)33)28(27)37-17(2)32)21-8-9-23(20-6-7-20)22(15-21)13-19-5-10-24-25(14-19)35-12-11-34-24/h5,8-10,14-15,20,26-30H,6-7,11-13H2,1-4H3/t26-,27-,28+,29-,30?/m0/s1. The zero-order valence-electron chi connectivity index (χ0n) is 23.0. The first-order chi connectivity index (χ1) is 19.2. The number of benzene rings is 2. The summed E-state index contributed by atoms with van der Waals surface area (Å²) >= 11 is 1.33. The lowest BCUT2D eigenvalue weighted by Gasteiger charge is -2.44. The molecule has 0 N–H and O–H groups in total. The Hall–Kier alpha value is -3.24. The molecule has 1 saturated heterocycles. The molecule has 2 aromatic carbocycles. The van der Waals surface area contributed by atoms with Gasteiger partial charge in [-0.2, -0.15) is 0 Å². The molecule has 0 radical (unpaired) electrons. The van der Waals surface area contributed by atoms with Gasteiger partial charge in [0.1, 0.15) is 24.8 Å². The van der Waals surface area contributed by atoms with Gasteiger partial charge in [0, 0.05) is 20.8 Å². The zero-order valence-corrected chi connectivity index (χ0v) is 23.9. The van der Waals surface area contributed by atoms with Crippen LogP contribution >= 0.6 is 11.8 Å². The van der Waals surface area contributed by atoms with Crippen molar-refractivity contribution in [3.05, 3.63) is 58.7 Å². The molecule has 5 rings (SSSR count). The van der Waals surface area contributed by atoms with Crippen molar-refractivity contribution in [2.24, 2.45) is 0 Å². The summed E-state index contributed by atoms with van der Waals surface area (Å²) in [6, 6.07) is 12.2. The minimum absolute atomic E-state index is 0.499. The molecule has 40 heavy (non-hydrogen) atoms. The second-order valence-corrected chi connectivity index (χ2v) is 11.2. The number of hydrogen-bond acceptors (Lipinski definition) is 10. The summed E-state index contributed by atoms with van der Waals surface area (Å²) in [6.45, 7) is 4.88. The van der Waals surface area contributed by atoms with Gasteiger partial charge in [0.05, 0.1) is 0 Å². The van der Waals surface area contributed by atoms with Crippen LogP contribution in [0.2, 0.25) is 0 Å². The molecule has 214 valence electrons. The average molecular weight is 571 g/mol. The van der Waals surface area contributed by atoms with Crippen LogP contribution < -0.4 is 9.47 Å². The molecule has 0 spiro atoms. The summed E-state index contributed by atoms with van der Waals surface area (Å²) in [4.78, 5) is 36.3. The van der Waals surface area contributed by atoms with Gasteiger partial charge in [-0.1, -0.05) is 24.3 Å². The third kappa shape index (κ3) is 6.39. The highest BCUT2D eigenvalue weighted by Gasteiger charge is 2.52. The Labute approximate surface area is 237 Å². The Morgan fingerprint density at radius 2 is 1.48 bits per heavy atom. The second-order valence-electron chi connectivity index (χ2n) is 10.3. The molecular weight excluding hydrogens is 536 g/mol. The van der Waals surface area contributed by atoms with Crippen LogP contribution in [0.5, 0.6) is 11.5 Å².